The lowest BCUT2D eigenvalue weighted by Gasteiger charge is -2.38. The van der Waals surface area contributed by atoms with Crippen molar-refractivity contribution in [1.29, 1.82) is 0 Å². The van der Waals surface area contributed by atoms with Crippen molar-refractivity contribution in [3.05, 3.63) is 95.2 Å². The minimum atomic E-state index is -4.05. The van der Waals surface area contributed by atoms with Crippen molar-refractivity contribution >= 4 is 38.7 Å². The first-order valence-electron chi connectivity index (χ1n) is 14.4. The van der Waals surface area contributed by atoms with Crippen LogP contribution in [0.4, 0.5) is 10.5 Å². The van der Waals surface area contributed by atoms with Gasteiger partial charge >= 0.3 is 12.1 Å². The highest BCUT2D eigenvalue weighted by Crippen LogP contribution is 2.31. The Bertz CT molecular complexity index is 1770. The van der Waals surface area contributed by atoms with Crippen LogP contribution >= 0.6 is 0 Å². The van der Waals surface area contributed by atoms with E-state index in [0.29, 0.717) is 42.7 Å². The molecule has 1 saturated heterocycles. The number of hydrogen-bond donors (Lipinski definition) is 1. The van der Waals surface area contributed by atoms with Crippen LogP contribution in [0.3, 0.4) is 0 Å². The van der Waals surface area contributed by atoms with Crippen LogP contribution in [0.5, 0.6) is 0 Å². The summed E-state index contributed by atoms with van der Waals surface area (Å²) in [6.45, 7) is 9.47. The molecule has 1 amide bonds. The van der Waals surface area contributed by atoms with Gasteiger partial charge in [0.15, 0.2) is 0 Å². The van der Waals surface area contributed by atoms with Crippen molar-refractivity contribution in [3.8, 4) is 0 Å². The number of fused-ring (bicyclic) bond motifs is 1. The van der Waals surface area contributed by atoms with E-state index < -0.39 is 21.6 Å². The lowest BCUT2D eigenvalue weighted by molar-refractivity contribution is 0.0240. The van der Waals surface area contributed by atoms with E-state index in [2.05, 4.69) is 4.90 Å². The fourth-order valence-electron chi connectivity index (χ4n) is 5.33. The van der Waals surface area contributed by atoms with Gasteiger partial charge in [0.05, 0.1) is 4.90 Å². The lowest BCUT2D eigenvalue weighted by atomic mass is 10.1. The number of furan rings is 1. The average Bonchev–Trinajstić information content (AvgIpc) is 3.33. The quantitative estimate of drug-likeness (QED) is 0.259. The van der Waals surface area contributed by atoms with Crippen LogP contribution in [0.1, 0.15) is 48.0 Å². The number of benzene rings is 3. The van der Waals surface area contributed by atoms with Crippen LogP contribution < -0.4 is 4.90 Å². The molecule has 10 nitrogen and oxygen atoms in total. The molecular formula is C33H37N3O7S. The van der Waals surface area contributed by atoms with Gasteiger partial charge in [-0.25, -0.2) is 18.0 Å². The van der Waals surface area contributed by atoms with Gasteiger partial charge in [0.2, 0.25) is 15.8 Å². The number of amides is 1. The number of anilines is 1. The number of para-hydroxylation sites is 1. The van der Waals surface area contributed by atoms with Crippen molar-refractivity contribution in [2.24, 2.45) is 0 Å². The average molecular weight is 620 g/mol. The first-order valence-corrected chi connectivity index (χ1v) is 15.9. The molecule has 232 valence electrons. The van der Waals surface area contributed by atoms with Crippen LogP contribution in [0.2, 0.25) is 0 Å². The molecule has 1 aliphatic heterocycles. The molecule has 5 rings (SSSR count). The second kappa shape index (κ2) is 12.3. The number of carboxylic acid groups (broad SMARTS) is 1. The zero-order chi connectivity index (χ0) is 31.6. The van der Waals surface area contributed by atoms with Gasteiger partial charge in [0.25, 0.3) is 0 Å². The zero-order valence-electron chi connectivity index (χ0n) is 25.3. The van der Waals surface area contributed by atoms with E-state index in [1.807, 2.05) is 75.4 Å². The van der Waals surface area contributed by atoms with Gasteiger partial charge in [-0.15, -0.1) is 0 Å². The van der Waals surface area contributed by atoms with Crippen LogP contribution in [0.15, 0.2) is 82.1 Å². The Hall–Kier alpha value is -4.35. The topological polar surface area (TPSA) is 121 Å². The molecule has 0 saturated carbocycles. The highest BCUT2D eigenvalue weighted by molar-refractivity contribution is 7.89. The molecule has 1 aromatic heterocycles. The third-order valence-electron chi connectivity index (χ3n) is 7.55. The van der Waals surface area contributed by atoms with E-state index in [4.69, 9.17) is 9.15 Å². The minimum Gasteiger partial charge on any atom is -0.475 e. The van der Waals surface area contributed by atoms with E-state index in [-0.39, 0.29) is 29.8 Å². The number of piperazine rings is 1. The fourth-order valence-corrected chi connectivity index (χ4v) is 6.76. The molecule has 11 heteroatoms. The maximum atomic E-state index is 14.3. The molecule has 0 bridgehead atoms. The van der Waals surface area contributed by atoms with Gasteiger partial charge in [-0.2, -0.15) is 4.31 Å². The van der Waals surface area contributed by atoms with Gasteiger partial charge in [-0.1, -0.05) is 48.5 Å². The lowest BCUT2D eigenvalue weighted by Crippen LogP contribution is -2.50. The summed E-state index contributed by atoms with van der Waals surface area (Å²) in [5.41, 5.74) is 2.66. The first-order chi connectivity index (χ1) is 20.8. The van der Waals surface area contributed by atoms with Crippen molar-refractivity contribution in [1.82, 2.24) is 9.21 Å². The van der Waals surface area contributed by atoms with Crippen molar-refractivity contribution in [2.75, 3.05) is 31.1 Å². The van der Waals surface area contributed by atoms with Crippen molar-refractivity contribution in [3.63, 3.8) is 0 Å². The van der Waals surface area contributed by atoms with Crippen LogP contribution in [-0.4, -0.2) is 66.6 Å². The number of carboxylic acids is 1. The smallest absolute Gasteiger partial charge is 0.410 e. The summed E-state index contributed by atoms with van der Waals surface area (Å²) in [6.07, 6.45) is -0.342. The largest absolute Gasteiger partial charge is 0.475 e. The van der Waals surface area contributed by atoms with Crippen molar-refractivity contribution < 1.29 is 32.3 Å². The minimum absolute atomic E-state index is 0.0465. The van der Waals surface area contributed by atoms with Crippen molar-refractivity contribution in [2.45, 2.75) is 51.3 Å². The second-order valence-electron chi connectivity index (χ2n) is 11.9. The monoisotopic (exact) mass is 619 g/mol. The molecule has 44 heavy (non-hydrogen) atoms. The fraction of sp³-hybridized carbons (Fsp3) is 0.333. The molecule has 0 unspecified atom stereocenters. The standard InChI is InChI=1S/C33H37N3O7S/c1-23-27-20-26(14-15-29(27)42-30(23)31(37)38)44(40,41)36(21-24-10-6-5-7-11-24)22-25-12-8-9-13-28(25)34-16-18-35(19-17-34)32(39)43-33(2,3)4/h5-15,20H,16-19,21-22H2,1-4H3,(H,37,38). The number of aryl methyl sites for hydroxylation is 1. The highest BCUT2D eigenvalue weighted by Gasteiger charge is 2.30. The Labute approximate surface area is 257 Å². The predicted molar refractivity (Wildman–Crippen MR) is 167 cm³/mol. The summed E-state index contributed by atoms with van der Waals surface area (Å²) in [4.78, 5) is 28.1. The summed E-state index contributed by atoms with van der Waals surface area (Å²) in [7, 11) is -4.05. The third-order valence-corrected chi connectivity index (χ3v) is 9.34. The number of nitrogens with zero attached hydrogens (tertiary/aromatic N) is 3. The molecule has 3 aromatic carbocycles. The summed E-state index contributed by atoms with van der Waals surface area (Å²) in [5.74, 6) is -1.42. The molecule has 4 aromatic rings. The maximum absolute atomic E-state index is 14.3. The Morgan fingerprint density at radius 2 is 1.59 bits per heavy atom. The molecule has 0 atom stereocenters. The molecular weight excluding hydrogens is 582 g/mol. The first kappa shape index (κ1) is 31.1. The Morgan fingerprint density at radius 3 is 2.25 bits per heavy atom. The number of hydrogen-bond acceptors (Lipinski definition) is 7. The Morgan fingerprint density at radius 1 is 0.932 bits per heavy atom. The maximum Gasteiger partial charge on any atom is 0.410 e. The van der Waals surface area contributed by atoms with Gasteiger partial charge in [-0.05, 0) is 63.1 Å². The van der Waals surface area contributed by atoms with Gasteiger partial charge < -0.3 is 24.1 Å². The zero-order valence-corrected chi connectivity index (χ0v) is 26.1. The summed E-state index contributed by atoms with van der Waals surface area (Å²) in [5, 5.41) is 9.92. The highest BCUT2D eigenvalue weighted by atomic mass is 32.2. The second-order valence-corrected chi connectivity index (χ2v) is 13.8. The van der Waals surface area contributed by atoms with Gasteiger partial charge in [0.1, 0.15) is 11.2 Å². The number of sulfonamides is 1. The molecule has 0 spiro atoms. The van der Waals surface area contributed by atoms with E-state index in [1.54, 1.807) is 11.8 Å². The normalized spacial score (nSPS) is 14.3. The van der Waals surface area contributed by atoms with E-state index in [9.17, 15) is 23.1 Å². The van der Waals surface area contributed by atoms with E-state index in [1.165, 1.54) is 22.5 Å². The third kappa shape index (κ3) is 6.74. The van der Waals surface area contributed by atoms with Crippen LogP contribution in [-0.2, 0) is 27.8 Å². The summed E-state index contributed by atoms with van der Waals surface area (Å²) < 4.78 is 41.0. The number of carbonyl (C=O) groups excluding carboxylic acids is 1. The van der Waals surface area contributed by atoms with Gasteiger partial charge in [0, 0.05) is 55.9 Å². The molecule has 0 aliphatic carbocycles. The summed E-state index contributed by atoms with van der Waals surface area (Å²) >= 11 is 0. The molecule has 0 radical (unpaired) electrons. The van der Waals surface area contributed by atoms with Gasteiger partial charge in [-0.3, -0.25) is 0 Å². The van der Waals surface area contributed by atoms with E-state index in [0.717, 1.165) is 16.8 Å². The SMILES string of the molecule is Cc1c(C(=O)O)oc2ccc(S(=O)(=O)N(Cc3ccccc3)Cc3ccccc3N3CCN(C(=O)OC(C)(C)C)CC3)cc12. The summed E-state index contributed by atoms with van der Waals surface area (Å²) in [6, 6.07) is 21.5. The molecule has 1 aliphatic rings. The molecule has 2 heterocycles. The number of rotatable bonds is 8. The Kier molecular flexibility index (Phi) is 8.71. The van der Waals surface area contributed by atoms with E-state index >= 15 is 0 Å². The van der Waals surface area contributed by atoms with Crippen LogP contribution in [0, 0.1) is 6.92 Å². The molecule has 1 N–H and O–H groups in total. The molecule has 1 fully saturated rings. The Balaban J connectivity index is 1.44. The predicted octanol–water partition coefficient (Wildman–Crippen LogP) is 5.89. The number of aromatic carboxylic acids is 1. The number of carbonyl (C=O) groups is 2. The number of ether oxygens (including phenoxy) is 1. The van der Waals surface area contributed by atoms with Crippen LogP contribution in [0.25, 0.3) is 11.0 Å².